The topological polar surface area (TPSA) is 74.9 Å². The smallest absolute Gasteiger partial charge is 0.341 e. The Morgan fingerprint density at radius 2 is 1.94 bits per heavy atom. The molecule has 0 amide bonds. The summed E-state index contributed by atoms with van der Waals surface area (Å²) in [6, 6.07) is 11.0. The number of rotatable bonds is 5. The van der Waals surface area contributed by atoms with Gasteiger partial charge in [0, 0.05) is 31.5 Å². The third-order valence-electron chi connectivity index (χ3n) is 6.55. The molecule has 8 heteroatoms. The number of aliphatic imine (C=N–C) groups is 1. The van der Waals surface area contributed by atoms with Crippen LogP contribution in [0.15, 0.2) is 52.4 Å². The number of pyridine rings is 1. The Kier molecular flexibility index (Phi) is 6.13. The van der Waals surface area contributed by atoms with Crippen LogP contribution in [0.25, 0.3) is 10.9 Å². The van der Waals surface area contributed by atoms with Gasteiger partial charge >= 0.3 is 5.97 Å². The SMILES string of the molecule is O=C(O)c1cn(C2CC2)c2c(Cl)c(N3CCCC[C@@H](/N=C/c4ccccc4)C3)c(F)cc2c1=O. The summed E-state index contributed by atoms with van der Waals surface area (Å²) in [7, 11) is 0. The normalized spacial score (nSPS) is 19.0. The van der Waals surface area contributed by atoms with Crippen LogP contribution in [0.1, 0.15) is 54.1 Å². The summed E-state index contributed by atoms with van der Waals surface area (Å²) in [5.74, 6) is -1.94. The van der Waals surface area contributed by atoms with E-state index in [1.165, 1.54) is 6.20 Å². The molecule has 2 fully saturated rings. The molecule has 0 bridgehead atoms. The molecule has 3 aromatic rings. The third kappa shape index (κ3) is 4.32. The number of nitrogens with zero attached hydrogens (tertiary/aromatic N) is 3. The lowest BCUT2D eigenvalue weighted by atomic mass is 10.1. The molecule has 2 aromatic carbocycles. The summed E-state index contributed by atoms with van der Waals surface area (Å²) in [5.41, 5.74) is 0.591. The van der Waals surface area contributed by atoms with Crippen LogP contribution in [0, 0.1) is 5.82 Å². The van der Waals surface area contributed by atoms with Crippen molar-refractivity contribution in [2.24, 2.45) is 4.99 Å². The van der Waals surface area contributed by atoms with Gasteiger partial charge in [-0.1, -0.05) is 41.9 Å². The number of aromatic nitrogens is 1. The highest BCUT2D eigenvalue weighted by Crippen LogP contribution is 2.42. The van der Waals surface area contributed by atoms with Crippen molar-refractivity contribution in [3.8, 4) is 0 Å². The molecule has 5 rings (SSSR count). The molecule has 1 saturated heterocycles. The second-order valence-electron chi connectivity index (χ2n) is 9.02. The predicted octanol–water partition coefficient (Wildman–Crippen LogP) is 5.31. The van der Waals surface area contributed by atoms with Gasteiger partial charge in [0.2, 0.25) is 5.43 Å². The molecule has 34 heavy (non-hydrogen) atoms. The molecule has 0 radical (unpaired) electrons. The molecule has 176 valence electrons. The fourth-order valence-electron chi connectivity index (χ4n) is 4.69. The Hall–Kier alpha value is -3.19. The lowest BCUT2D eigenvalue weighted by molar-refractivity contribution is 0.0695. The molecule has 6 nitrogen and oxygen atoms in total. The van der Waals surface area contributed by atoms with Crippen molar-refractivity contribution in [3.63, 3.8) is 0 Å². The van der Waals surface area contributed by atoms with Crippen LogP contribution in [0.5, 0.6) is 0 Å². The number of halogens is 2. The van der Waals surface area contributed by atoms with Crippen LogP contribution in [-0.2, 0) is 0 Å². The zero-order chi connectivity index (χ0) is 23.8. The van der Waals surface area contributed by atoms with E-state index in [2.05, 4.69) is 0 Å². The van der Waals surface area contributed by atoms with Crippen LogP contribution < -0.4 is 10.3 Å². The maximum absolute atomic E-state index is 15.5. The second-order valence-corrected chi connectivity index (χ2v) is 9.40. The monoisotopic (exact) mass is 481 g/mol. The van der Waals surface area contributed by atoms with Crippen molar-refractivity contribution in [3.05, 3.63) is 74.8 Å². The molecule has 2 heterocycles. The number of carbonyl (C=O) groups is 1. The number of carboxylic acid groups (broad SMARTS) is 1. The Bertz CT molecular complexity index is 1330. The van der Waals surface area contributed by atoms with Crippen molar-refractivity contribution < 1.29 is 14.3 Å². The van der Waals surface area contributed by atoms with Crippen molar-refractivity contribution >= 4 is 40.4 Å². The molecular weight excluding hydrogens is 457 g/mol. The Balaban J connectivity index is 1.57. The molecular formula is C26H25ClFN3O3. The first kappa shape index (κ1) is 22.6. The lowest BCUT2D eigenvalue weighted by Gasteiger charge is -2.27. The highest BCUT2D eigenvalue weighted by Gasteiger charge is 2.31. The molecule has 1 N–H and O–H groups in total. The molecule has 1 aliphatic carbocycles. The fourth-order valence-corrected chi connectivity index (χ4v) is 5.10. The number of anilines is 1. The van der Waals surface area contributed by atoms with Gasteiger partial charge in [-0.15, -0.1) is 0 Å². The average molecular weight is 482 g/mol. The Morgan fingerprint density at radius 3 is 2.65 bits per heavy atom. The van der Waals surface area contributed by atoms with Gasteiger partial charge in [0.25, 0.3) is 0 Å². The van der Waals surface area contributed by atoms with Gasteiger partial charge in [0.1, 0.15) is 11.4 Å². The number of aromatic carboxylic acids is 1. The summed E-state index contributed by atoms with van der Waals surface area (Å²) in [6.07, 6.45) is 7.66. The minimum atomic E-state index is -1.33. The molecule has 1 aliphatic heterocycles. The fraction of sp³-hybridized carbons (Fsp3) is 0.346. The quantitative estimate of drug-likeness (QED) is 0.501. The van der Waals surface area contributed by atoms with Gasteiger partial charge in [-0.3, -0.25) is 9.79 Å². The Labute approximate surface area is 201 Å². The van der Waals surface area contributed by atoms with E-state index in [-0.39, 0.29) is 33.7 Å². The van der Waals surface area contributed by atoms with E-state index in [1.54, 1.807) is 4.57 Å². The summed E-state index contributed by atoms with van der Waals surface area (Å²) in [6.45, 7) is 1.13. The molecule has 1 aromatic heterocycles. The minimum absolute atomic E-state index is 0.00604. The third-order valence-corrected chi connectivity index (χ3v) is 6.91. The molecule has 2 aliphatic rings. The van der Waals surface area contributed by atoms with E-state index in [0.29, 0.717) is 18.6 Å². The van der Waals surface area contributed by atoms with Crippen LogP contribution in [-0.4, -0.2) is 41.0 Å². The number of benzene rings is 2. The predicted molar refractivity (Wildman–Crippen MR) is 132 cm³/mol. The van der Waals surface area contributed by atoms with Crippen LogP contribution >= 0.6 is 11.6 Å². The maximum Gasteiger partial charge on any atom is 0.341 e. The number of hydrogen-bond donors (Lipinski definition) is 1. The summed E-state index contributed by atoms with van der Waals surface area (Å²) in [4.78, 5) is 31.1. The lowest BCUT2D eigenvalue weighted by Crippen LogP contribution is -2.31. The van der Waals surface area contributed by atoms with E-state index in [9.17, 15) is 14.7 Å². The van der Waals surface area contributed by atoms with Crippen molar-refractivity contribution in [1.82, 2.24) is 4.57 Å². The number of carboxylic acids is 1. The van der Waals surface area contributed by atoms with Crippen molar-refractivity contribution in [2.75, 3.05) is 18.0 Å². The average Bonchev–Trinajstić information content (AvgIpc) is 3.67. The largest absolute Gasteiger partial charge is 0.477 e. The van der Waals surface area contributed by atoms with E-state index < -0.39 is 17.2 Å². The van der Waals surface area contributed by atoms with Crippen molar-refractivity contribution in [1.29, 1.82) is 0 Å². The van der Waals surface area contributed by atoms with Gasteiger partial charge < -0.3 is 14.6 Å². The first-order chi connectivity index (χ1) is 16.4. The van der Waals surface area contributed by atoms with Crippen LogP contribution in [0.4, 0.5) is 10.1 Å². The van der Waals surface area contributed by atoms with Gasteiger partial charge in [-0.05, 0) is 43.7 Å². The zero-order valence-corrected chi connectivity index (χ0v) is 19.3. The first-order valence-electron chi connectivity index (χ1n) is 11.6. The number of fused-ring (bicyclic) bond motifs is 1. The first-order valence-corrected chi connectivity index (χ1v) is 11.9. The number of hydrogen-bond acceptors (Lipinski definition) is 4. The maximum atomic E-state index is 15.5. The van der Waals surface area contributed by atoms with E-state index in [4.69, 9.17) is 16.6 Å². The van der Waals surface area contributed by atoms with Crippen LogP contribution in [0.3, 0.4) is 0 Å². The van der Waals surface area contributed by atoms with Crippen LogP contribution in [0.2, 0.25) is 5.02 Å². The summed E-state index contributed by atoms with van der Waals surface area (Å²) >= 11 is 6.81. The second kappa shape index (κ2) is 9.22. The standard InChI is InChI=1S/C26H25ClFN3O3/c27-22-23-19(25(32)20(26(33)34)15-31(23)18-9-10-18)12-21(28)24(22)30-11-5-4-8-17(14-30)29-13-16-6-2-1-3-7-16/h1-3,6-7,12-13,15,17-18H,4-5,8-11,14H2,(H,33,34)/b29-13+/t17-/m1/s1. The molecule has 0 unspecified atom stereocenters. The highest BCUT2D eigenvalue weighted by molar-refractivity contribution is 6.38. The van der Waals surface area contributed by atoms with E-state index in [1.807, 2.05) is 41.4 Å². The Morgan fingerprint density at radius 1 is 1.18 bits per heavy atom. The summed E-state index contributed by atoms with van der Waals surface area (Å²) < 4.78 is 17.2. The van der Waals surface area contributed by atoms with Gasteiger partial charge in [0.05, 0.1) is 27.7 Å². The molecule has 1 saturated carbocycles. The van der Waals surface area contributed by atoms with Gasteiger partial charge in [-0.25, -0.2) is 9.18 Å². The van der Waals surface area contributed by atoms with Gasteiger partial charge in [0.15, 0.2) is 0 Å². The molecule has 0 spiro atoms. The molecule has 1 atom stereocenters. The van der Waals surface area contributed by atoms with Crippen molar-refractivity contribution in [2.45, 2.75) is 44.2 Å². The van der Waals surface area contributed by atoms with E-state index in [0.717, 1.165) is 43.7 Å². The van der Waals surface area contributed by atoms with Gasteiger partial charge in [-0.2, -0.15) is 0 Å². The zero-order valence-electron chi connectivity index (χ0n) is 18.6. The summed E-state index contributed by atoms with van der Waals surface area (Å²) in [5, 5.41) is 9.64. The minimum Gasteiger partial charge on any atom is -0.477 e. The highest BCUT2D eigenvalue weighted by atomic mass is 35.5. The van der Waals surface area contributed by atoms with E-state index >= 15 is 4.39 Å².